The standard InChI is InChI=1S/C11H12O3S/c1-3-10-4-6-11(7-5-10)8-9-14-15(2,12)13/h1,4-7H,8-9H2,2H3. The lowest BCUT2D eigenvalue weighted by atomic mass is 10.1. The zero-order chi connectivity index (χ0) is 11.3. The van der Waals surface area contributed by atoms with E-state index in [1.165, 1.54) is 0 Å². The highest BCUT2D eigenvalue weighted by atomic mass is 32.2. The van der Waals surface area contributed by atoms with Gasteiger partial charge in [-0.1, -0.05) is 18.1 Å². The summed E-state index contributed by atoms with van der Waals surface area (Å²) in [5, 5.41) is 0. The van der Waals surface area contributed by atoms with Crippen molar-refractivity contribution in [3.8, 4) is 12.3 Å². The van der Waals surface area contributed by atoms with Crippen molar-refractivity contribution in [1.82, 2.24) is 0 Å². The molecule has 0 saturated carbocycles. The van der Waals surface area contributed by atoms with Gasteiger partial charge in [0.1, 0.15) is 0 Å². The Bertz CT molecular complexity index is 452. The molecule has 1 aromatic rings. The largest absolute Gasteiger partial charge is 0.270 e. The molecule has 0 aliphatic rings. The Morgan fingerprint density at radius 1 is 1.33 bits per heavy atom. The van der Waals surface area contributed by atoms with Crippen molar-refractivity contribution < 1.29 is 12.6 Å². The van der Waals surface area contributed by atoms with Crippen molar-refractivity contribution >= 4 is 10.1 Å². The zero-order valence-electron chi connectivity index (χ0n) is 8.43. The van der Waals surface area contributed by atoms with E-state index < -0.39 is 10.1 Å². The minimum Gasteiger partial charge on any atom is -0.270 e. The summed E-state index contributed by atoms with van der Waals surface area (Å²) < 4.78 is 26.0. The molecule has 0 N–H and O–H groups in total. The van der Waals surface area contributed by atoms with E-state index in [1.807, 2.05) is 24.3 Å². The van der Waals surface area contributed by atoms with Crippen LogP contribution in [0.3, 0.4) is 0 Å². The predicted molar refractivity (Wildman–Crippen MR) is 58.9 cm³/mol. The van der Waals surface area contributed by atoms with Crippen LogP contribution in [0.1, 0.15) is 11.1 Å². The zero-order valence-corrected chi connectivity index (χ0v) is 9.25. The van der Waals surface area contributed by atoms with Gasteiger partial charge in [-0.15, -0.1) is 6.42 Å². The molecule has 0 aromatic heterocycles. The van der Waals surface area contributed by atoms with Gasteiger partial charge < -0.3 is 0 Å². The van der Waals surface area contributed by atoms with Crippen LogP contribution >= 0.6 is 0 Å². The molecule has 1 aromatic carbocycles. The van der Waals surface area contributed by atoms with Gasteiger partial charge in [0.2, 0.25) is 0 Å². The van der Waals surface area contributed by atoms with Gasteiger partial charge in [-0.05, 0) is 24.1 Å². The Balaban J connectivity index is 2.49. The molecule has 0 aliphatic heterocycles. The predicted octanol–water partition coefficient (Wildman–Crippen LogP) is 1.19. The number of rotatable bonds is 4. The fourth-order valence-electron chi connectivity index (χ4n) is 1.08. The van der Waals surface area contributed by atoms with Crippen LogP contribution in [0.5, 0.6) is 0 Å². The van der Waals surface area contributed by atoms with Crippen LogP contribution in [-0.2, 0) is 20.7 Å². The Labute approximate surface area is 90.2 Å². The van der Waals surface area contributed by atoms with Gasteiger partial charge in [-0.2, -0.15) is 8.42 Å². The van der Waals surface area contributed by atoms with Gasteiger partial charge in [0.15, 0.2) is 0 Å². The monoisotopic (exact) mass is 224 g/mol. The number of terminal acetylenes is 1. The Morgan fingerprint density at radius 2 is 1.93 bits per heavy atom. The summed E-state index contributed by atoms with van der Waals surface area (Å²) in [5.41, 5.74) is 1.81. The van der Waals surface area contributed by atoms with Crippen molar-refractivity contribution in [2.24, 2.45) is 0 Å². The van der Waals surface area contributed by atoms with Crippen LogP contribution in [0.25, 0.3) is 0 Å². The molecule has 0 radical (unpaired) electrons. The van der Waals surface area contributed by atoms with E-state index >= 15 is 0 Å². The lowest BCUT2D eigenvalue weighted by molar-refractivity contribution is 0.326. The normalized spacial score (nSPS) is 10.9. The first kappa shape index (κ1) is 11.8. The molecule has 0 heterocycles. The molecule has 3 nitrogen and oxygen atoms in total. The van der Waals surface area contributed by atoms with Crippen LogP contribution in [0, 0.1) is 12.3 Å². The van der Waals surface area contributed by atoms with Gasteiger partial charge >= 0.3 is 0 Å². The molecule has 0 fully saturated rings. The van der Waals surface area contributed by atoms with E-state index in [4.69, 9.17) is 6.42 Å². The van der Waals surface area contributed by atoms with Crippen molar-refractivity contribution in [3.05, 3.63) is 35.4 Å². The van der Waals surface area contributed by atoms with E-state index in [1.54, 1.807) is 0 Å². The highest BCUT2D eigenvalue weighted by molar-refractivity contribution is 7.85. The minimum atomic E-state index is -3.34. The molecule has 0 atom stereocenters. The summed E-state index contributed by atoms with van der Waals surface area (Å²) in [7, 11) is -3.34. The summed E-state index contributed by atoms with van der Waals surface area (Å²) in [5.74, 6) is 2.51. The van der Waals surface area contributed by atoms with Crippen molar-refractivity contribution in [2.45, 2.75) is 6.42 Å². The van der Waals surface area contributed by atoms with Crippen LogP contribution in [-0.4, -0.2) is 21.3 Å². The lowest BCUT2D eigenvalue weighted by Gasteiger charge is -2.01. The van der Waals surface area contributed by atoms with Gasteiger partial charge in [-0.25, -0.2) is 0 Å². The number of benzene rings is 1. The summed E-state index contributed by atoms with van der Waals surface area (Å²) >= 11 is 0. The SMILES string of the molecule is C#Cc1ccc(CCOS(C)(=O)=O)cc1. The number of hydrogen-bond donors (Lipinski definition) is 0. The van der Waals surface area contributed by atoms with Gasteiger partial charge in [-0.3, -0.25) is 4.18 Å². The third-order valence-corrected chi connectivity index (χ3v) is 2.40. The summed E-state index contributed by atoms with van der Waals surface area (Å²) in [4.78, 5) is 0. The van der Waals surface area contributed by atoms with Crippen LogP contribution in [0.4, 0.5) is 0 Å². The first-order chi connectivity index (χ1) is 7.01. The first-order valence-electron chi connectivity index (χ1n) is 4.41. The summed E-state index contributed by atoms with van der Waals surface area (Å²) in [6, 6.07) is 7.35. The molecule has 0 saturated heterocycles. The molecule has 0 unspecified atom stereocenters. The lowest BCUT2D eigenvalue weighted by Crippen LogP contribution is -2.06. The molecule has 0 spiro atoms. The maximum atomic E-state index is 10.7. The molecule has 4 heteroatoms. The molecule has 0 amide bonds. The maximum Gasteiger partial charge on any atom is 0.264 e. The second-order valence-corrected chi connectivity index (χ2v) is 4.76. The molecule has 0 aliphatic carbocycles. The molecule has 0 bridgehead atoms. The topological polar surface area (TPSA) is 43.4 Å². The average Bonchev–Trinajstić information content (AvgIpc) is 2.17. The fourth-order valence-corrected chi connectivity index (χ4v) is 1.46. The van der Waals surface area contributed by atoms with Gasteiger partial charge in [0.25, 0.3) is 10.1 Å². The van der Waals surface area contributed by atoms with Crippen LogP contribution < -0.4 is 0 Å². The molecule has 15 heavy (non-hydrogen) atoms. The Hall–Kier alpha value is -1.31. The summed E-state index contributed by atoms with van der Waals surface area (Å²) in [6.07, 6.45) is 6.79. The smallest absolute Gasteiger partial charge is 0.264 e. The van der Waals surface area contributed by atoms with E-state index in [2.05, 4.69) is 10.1 Å². The third kappa shape index (κ3) is 4.63. The van der Waals surface area contributed by atoms with Crippen molar-refractivity contribution in [3.63, 3.8) is 0 Å². The highest BCUT2D eigenvalue weighted by Gasteiger charge is 2.01. The minimum absolute atomic E-state index is 0.161. The average molecular weight is 224 g/mol. The van der Waals surface area contributed by atoms with E-state index in [-0.39, 0.29) is 6.61 Å². The first-order valence-corrected chi connectivity index (χ1v) is 6.23. The third-order valence-electron chi connectivity index (χ3n) is 1.81. The summed E-state index contributed by atoms with van der Waals surface area (Å²) in [6.45, 7) is 0.161. The Morgan fingerprint density at radius 3 is 2.40 bits per heavy atom. The second kappa shape index (κ2) is 4.96. The van der Waals surface area contributed by atoms with E-state index in [0.29, 0.717) is 6.42 Å². The Kier molecular flexibility index (Phi) is 3.89. The molecular formula is C11H12O3S. The van der Waals surface area contributed by atoms with Crippen LogP contribution in [0.15, 0.2) is 24.3 Å². The van der Waals surface area contributed by atoms with Gasteiger partial charge in [0.05, 0.1) is 12.9 Å². The van der Waals surface area contributed by atoms with Gasteiger partial charge in [0, 0.05) is 5.56 Å². The maximum absolute atomic E-state index is 10.7. The fraction of sp³-hybridized carbons (Fsp3) is 0.273. The van der Waals surface area contributed by atoms with E-state index in [0.717, 1.165) is 17.4 Å². The highest BCUT2D eigenvalue weighted by Crippen LogP contribution is 2.04. The molecular weight excluding hydrogens is 212 g/mol. The molecule has 1 rings (SSSR count). The second-order valence-electron chi connectivity index (χ2n) is 3.12. The van der Waals surface area contributed by atoms with Crippen LogP contribution in [0.2, 0.25) is 0 Å². The van der Waals surface area contributed by atoms with Crippen molar-refractivity contribution in [2.75, 3.05) is 12.9 Å². The van der Waals surface area contributed by atoms with Crippen molar-refractivity contribution in [1.29, 1.82) is 0 Å². The van der Waals surface area contributed by atoms with E-state index in [9.17, 15) is 8.42 Å². The number of hydrogen-bond acceptors (Lipinski definition) is 3. The molecule has 80 valence electrons. The quantitative estimate of drug-likeness (QED) is 0.570.